The van der Waals surface area contributed by atoms with Gasteiger partial charge < -0.3 is 5.32 Å². The zero-order valence-corrected chi connectivity index (χ0v) is 13.9. The third-order valence-electron chi connectivity index (χ3n) is 3.39. The lowest BCUT2D eigenvalue weighted by Gasteiger charge is -2.13. The molecule has 0 saturated carbocycles. The number of aromatic nitrogens is 4. The Labute approximate surface area is 134 Å². The molecule has 2 heterocycles. The molecule has 0 spiro atoms. The summed E-state index contributed by atoms with van der Waals surface area (Å²) in [5.41, 5.74) is 0. The highest BCUT2D eigenvalue weighted by atomic mass is 32.1. The molecule has 120 valence electrons. The Bertz CT molecular complexity index is 578. The van der Waals surface area contributed by atoms with Gasteiger partial charge in [-0.2, -0.15) is 5.10 Å². The van der Waals surface area contributed by atoms with Gasteiger partial charge in [0.05, 0.1) is 6.54 Å². The van der Waals surface area contributed by atoms with Gasteiger partial charge in [-0.05, 0) is 25.8 Å². The maximum Gasteiger partial charge on any atom is 0.321 e. The number of nitrogens with zero attached hydrogens (tertiary/aromatic N) is 4. The molecule has 0 saturated heterocycles. The lowest BCUT2D eigenvalue weighted by atomic mass is 10.1. The average Bonchev–Trinajstić information content (AvgIpc) is 3.12. The summed E-state index contributed by atoms with van der Waals surface area (Å²) < 4.78 is 1.78. The van der Waals surface area contributed by atoms with Crippen molar-refractivity contribution >= 4 is 22.5 Å². The molecule has 0 aliphatic heterocycles. The van der Waals surface area contributed by atoms with E-state index in [9.17, 15) is 4.79 Å². The van der Waals surface area contributed by atoms with Gasteiger partial charge in [0.25, 0.3) is 0 Å². The van der Waals surface area contributed by atoms with Crippen molar-refractivity contribution in [3.63, 3.8) is 0 Å². The lowest BCUT2D eigenvalue weighted by molar-refractivity contribution is 0.247. The molecule has 0 unspecified atom stereocenters. The van der Waals surface area contributed by atoms with E-state index >= 15 is 0 Å². The molecule has 2 N–H and O–H groups in total. The number of rotatable bonds is 7. The molecular weight excluding hydrogens is 300 g/mol. The Morgan fingerprint density at radius 3 is 2.77 bits per heavy atom. The van der Waals surface area contributed by atoms with E-state index < -0.39 is 0 Å². The summed E-state index contributed by atoms with van der Waals surface area (Å²) in [6.45, 7) is 6.81. The molecule has 2 rings (SSSR count). The van der Waals surface area contributed by atoms with Crippen molar-refractivity contribution in [1.29, 1.82) is 0 Å². The van der Waals surface area contributed by atoms with Crippen LogP contribution < -0.4 is 10.6 Å². The van der Waals surface area contributed by atoms with Crippen LogP contribution in [0.4, 0.5) is 9.93 Å². The van der Waals surface area contributed by atoms with Gasteiger partial charge in [-0.15, -0.1) is 10.2 Å². The van der Waals surface area contributed by atoms with Crippen molar-refractivity contribution in [3.05, 3.63) is 23.5 Å². The molecule has 8 heteroatoms. The van der Waals surface area contributed by atoms with Gasteiger partial charge >= 0.3 is 6.03 Å². The first-order valence-corrected chi connectivity index (χ1v) is 8.32. The second kappa shape index (κ2) is 7.88. The predicted octanol–water partition coefficient (Wildman–Crippen LogP) is 2.85. The van der Waals surface area contributed by atoms with E-state index in [-0.39, 0.29) is 12.1 Å². The fourth-order valence-corrected chi connectivity index (χ4v) is 3.18. The summed E-state index contributed by atoms with van der Waals surface area (Å²) in [7, 11) is 0. The molecule has 0 fully saturated rings. The topological polar surface area (TPSA) is 84.7 Å². The third kappa shape index (κ3) is 4.52. The van der Waals surface area contributed by atoms with Crippen LogP contribution in [-0.4, -0.2) is 32.1 Å². The molecule has 0 aromatic carbocycles. The van der Waals surface area contributed by atoms with Crippen LogP contribution in [0.1, 0.15) is 44.5 Å². The maximum absolute atomic E-state index is 12.0. The van der Waals surface area contributed by atoms with Gasteiger partial charge in [0.2, 0.25) is 5.13 Å². The van der Waals surface area contributed by atoms with Crippen LogP contribution in [0.5, 0.6) is 0 Å². The number of carbonyl (C=O) groups is 1. The zero-order valence-electron chi connectivity index (χ0n) is 13.1. The number of anilines is 1. The van der Waals surface area contributed by atoms with Crippen molar-refractivity contribution in [2.24, 2.45) is 0 Å². The molecule has 0 radical (unpaired) electrons. The Kier molecular flexibility index (Phi) is 5.88. The minimum atomic E-state index is -0.271. The summed E-state index contributed by atoms with van der Waals surface area (Å²) >= 11 is 1.44. The van der Waals surface area contributed by atoms with Crippen molar-refractivity contribution < 1.29 is 4.79 Å². The molecule has 2 aromatic heterocycles. The van der Waals surface area contributed by atoms with Gasteiger partial charge in [-0.1, -0.05) is 25.2 Å². The first-order chi connectivity index (χ1) is 10.6. The van der Waals surface area contributed by atoms with Crippen LogP contribution in [0.3, 0.4) is 0 Å². The Hall–Kier alpha value is -1.96. The standard InChI is InChI=1S/C14H22N6OS/c1-4-11(5-2)12-18-19-14(22-12)17-13(21)16-10(3)9-20-8-6-7-15-20/h6-8,10-11H,4-5,9H2,1-3H3,(H2,16,17,19,21)/t10-/m0/s1. The van der Waals surface area contributed by atoms with Crippen LogP contribution in [0.15, 0.2) is 18.5 Å². The lowest BCUT2D eigenvalue weighted by Crippen LogP contribution is -2.38. The van der Waals surface area contributed by atoms with Gasteiger partial charge in [0.15, 0.2) is 0 Å². The zero-order chi connectivity index (χ0) is 15.9. The SMILES string of the molecule is CCC(CC)c1nnc(NC(=O)N[C@@H](C)Cn2cccn2)s1. The maximum atomic E-state index is 12.0. The summed E-state index contributed by atoms with van der Waals surface area (Å²) in [6.07, 6.45) is 5.63. The van der Waals surface area contributed by atoms with Gasteiger partial charge in [0, 0.05) is 24.4 Å². The van der Waals surface area contributed by atoms with Crippen molar-refractivity contribution in [1.82, 2.24) is 25.3 Å². The highest BCUT2D eigenvalue weighted by molar-refractivity contribution is 7.15. The Morgan fingerprint density at radius 1 is 1.36 bits per heavy atom. The van der Waals surface area contributed by atoms with E-state index in [0.29, 0.717) is 17.6 Å². The number of carbonyl (C=O) groups excluding carboxylic acids is 1. The van der Waals surface area contributed by atoms with Crippen molar-refractivity contribution in [3.8, 4) is 0 Å². The van der Waals surface area contributed by atoms with Crippen molar-refractivity contribution in [2.45, 2.75) is 52.1 Å². The Morgan fingerprint density at radius 2 is 2.14 bits per heavy atom. The second-order valence-corrected chi connectivity index (χ2v) is 6.20. The third-order valence-corrected chi connectivity index (χ3v) is 4.39. The Balaban J connectivity index is 1.84. The number of urea groups is 1. The fourth-order valence-electron chi connectivity index (χ4n) is 2.18. The average molecular weight is 322 g/mol. The van der Waals surface area contributed by atoms with E-state index in [0.717, 1.165) is 17.8 Å². The molecule has 2 aromatic rings. The normalized spacial score (nSPS) is 12.4. The number of hydrogen-bond acceptors (Lipinski definition) is 5. The predicted molar refractivity (Wildman–Crippen MR) is 87.1 cm³/mol. The molecule has 2 amide bonds. The van der Waals surface area contributed by atoms with Gasteiger partial charge in [-0.25, -0.2) is 4.79 Å². The van der Waals surface area contributed by atoms with Gasteiger partial charge in [0.1, 0.15) is 5.01 Å². The molecule has 1 atom stereocenters. The summed E-state index contributed by atoms with van der Waals surface area (Å²) in [5.74, 6) is 0.412. The first-order valence-electron chi connectivity index (χ1n) is 7.50. The molecule has 22 heavy (non-hydrogen) atoms. The van der Waals surface area contributed by atoms with Gasteiger partial charge in [-0.3, -0.25) is 10.00 Å². The fraction of sp³-hybridized carbons (Fsp3) is 0.571. The smallest absolute Gasteiger partial charge is 0.321 e. The number of hydrogen-bond donors (Lipinski definition) is 2. The van der Waals surface area contributed by atoms with Crippen molar-refractivity contribution in [2.75, 3.05) is 5.32 Å². The second-order valence-electron chi connectivity index (χ2n) is 5.19. The highest BCUT2D eigenvalue weighted by Gasteiger charge is 2.15. The molecule has 7 nitrogen and oxygen atoms in total. The molecule has 0 aliphatic rings. The highest BCUT2D eigenvalue weighted by Crippen LogP contribution is 2.27. The first kappa shape index (κ1) is 16.4. The summed E-state index contributed by atoms with van der Waals surface area (Å²) in [4.78, 5) is 12.0. The van der Waals surface area contributed by atoms with E-state index in [1.807, 2.05) is 19.2 Å². The van der Waals surface area contributed by atoms with E-state index in [2.05, 4.69) is 39.8 Å². The number of nitrogens with one attached hydrogen (secondary N) is 2. The van der Waals surface area contributed by atoms with Crippen LogP contribution in [-0.2, 0) is 6.54 Å². The monoisotopic (exact) mass is 322 g/mol. The van der Waals surface area contributed by atoms with E-state index in [1.165, 1.54) is 11.3 Å². The van der Waals surface area contributed by atoms with E-state index in [1.54, 1.807) is 10.9 Å². The largest absolute Gasteiger partial charge is 0.333 e. The summed E-state index contributed by atoms with van der Waals surface area (Å²) in [6, 6.07) is 1.55. The molecule has 0 aliphatic carbocycles. The van der Waals surface area contributed by atoms with Crippen LogP contribution in [0.25, 0.3) is 0 Å². The molecule has 0 bridgehead atoms. The summed E-state index contributed by atoms with van der Waals surface area (Å²) in [5, 5.41) is 19.4. The number of amides is 2. The quantitative estimate of drug-likeness (QED) is 0.821. The van der Waals surface area contributed by atoms with Crippen LogP contribution in [0, 0.1) is 0 Å². The van der Waals surface area contributed by atoms with Crippen LogP contribution in [0.2, 0.25) is 0 Å². The van der Waals surface area contributed by atoms with Crippen LogP contribution >= 0.6 is 11.3 Å². The van der Waals surface area contributed by atoms with E-state index in [4.69, 9.17) is 0 Å². The minimum Gasteiger partial charge on any atom is -0.333 e. The molecular formula is C14H22N6OS. The minimum absolute atomic E-state index is 0.0358.